The number of hydrogen-bond acceptors (Lipinski definition) is 5. The van der Waals surface area contributed by atoms with Gasteiger partial charge in [-0.05, 0) is 24.6 Å². The molecule has 0 N–H and O–H groups in total. The molecule has 1 aromatic heterocycles. The Balaban J connectivity index is 2.34. The van der Waals surface area contributed by atoms with E-state index in [1.807, 2.05) is 6.92 Å². The summed E-state index contributed by atoms with van der Waals surface area (Å²) in [6.07, 6.45) is 3.71. The van der Waals surface area contributed by atoms with Gasteiger partial charge in [0.15, 0.2) is 14.9 Å². The summed E-state index contributed by atoms with van der Waals surface area (Å²) >= 11 is 0. The SMILES string of the molecule is CCCN(Cc1cc(F)ccc1F)C(=O)c1cncc(S(C)(=O)=O)n1. The van der Waals surface area contributed by atoms with Gasteiger partial charge < -0.3 is 4.90 Å². The van der Waals surface area contributed by atoms with E-state index in [0.717, 1.165) is 36.8 Å². The largest absolute Gasteiger partial charge is 0.333 e. The lowest BCUT2D eigenvalue weighted by atomic mass is 10.2. The van der Waals surface area contributed by atoms with Gasteiger partial charge in [-0.15, -0.1) is 0 Å². The molecular weight excluding hydrogens is 352 g/mol. The van der Waals surface area contributed by atoms with E-state index in [1.165, 1.54) is 4.90 Å². The molecule has 0 bridgehead atoms. The predicted octanol–water partition coefficient (Wildman–Crippen LogP) is 2.21. The number of amides is 1. The van der Waals surface area contributed by atoms with E-state index in [0.29, 0.717) is 6.42 Å². The maximum Gasteiger partial charge on any atom is 0.274 e. The summed E-state index contributed by atoms with van der Waals surface area (Å²) in [4.78, 5) is 21.4. The molecule has 134 valence electrons. The van der Waals surface area contributed by atoms with Crippen molar-refractivity contribution >= 4 is 15.7 Å². The van der Waals surface area contributed by atoms with Crippen LogP contribution in [-0.4, -0.2) is 42.0 Å². The van der Waals surface area contributed by atoms with Crippen molar-refractivity contribution in [3.05, 3.63) is 53.5 Å². The van der Waals surface area contributed by atoms with E-state index in [9.17, 15) is 22.0 Å². The summed E-state index contributed by atoms with van der Waals surface area (Å²) in [5.41, 5.74) is -0.151. The molecule has 9 heteroatoms. The van der Waals surface area contributed by atoms with Gasteiger partial charge in [0.2, 0.25) is 0 Å². The first-order chi connectivity index (χ1) is 11.7. The van der Waals surface area contributed by atoms with Gasteiger partial charge in [-0.1, -0.05) is 6.92 Å². The highest BCUT2D eigenvalue weighted by molar-refractivity contribution is 7.90. The van der Waals surface area contributed by atoms with E-state index in [4.69, 9.17) is 0 Å². The van der Waals surface area contributed by atoms with Crippen LogP contribution >= 0.6 is 0 Å². The van der Waals surface area contributed by atoms with E-state index in [-0.39, 0.29) is 29.4 Å². The molecule has 25 heavy (non-hydrogen) atoms. The van der Waals surface area contributed by atoms with Gasteiger partial charge >= 0.3 is 0 Å². The highest BCUT2D eigenvalue weighted by Crippen LogP contribution is 2.15. The summed E-state index contributed by atoms with van der Waals surface area (Å²) in [7, 11) is -3.62. The van der Waals surface area contributed by atoms with Crippen LogP contribution in [0, 0.1) is 11.6 Å². The third-order valence-corrected chi connectivity index (χ3v) is 4.32. The lowest BCUT2D eigenvalue weighted by Crippen LogP contribution is -2.32. The van der Waals surface area contributed by atoms with Crippen LogP contribution in [0.1, 0.15) is 29.4 Å². The average Bonchev–Trinajstić information content (AvgIpc) is 2.56. The number of sulfone groups is 1. The first-order valence-corrected chi connectivity index (χ1v) is 9.36. The quantitative estimate of drug-likeness (QED) is 0.780. The molecule has 0 spiro atoms. The number of benzene rings is 1. The summed E-state index contributed by atoms with van der Waals surface area (Å²) in [6, 6.07) is 3.00. The second-order valence-corrected chi connectivity index (χ2v) is 7.44. The molecule has 1 heterocycles. The van der Waals surface area contributed by atoms with Gasteiger partial charge in [-0.25, -0.2) is 22.2 Å². The number of aromatic nitrogens is 2. The van der Waals surface area contributed by atoms with Crippen LogP contribution in [0.3, 0.4) is 0 Å². The third kappa shape index (κ3) is 4.79. The van der Waals surface area contributed by atoms with Crippen molar-refractivity contribution in [1.82, 2.24) is 14.9 Å². The Bertz CT molecular complexity index is 888. The molecule has 0 saturated heterocycles. The Labute approximate surface area is 144 Å². The van der Waals surface area contributed by atoms with Crippen LogP contribution in [-0.2, 0) is 16.4 Å². The van der Waals surface area contributed by atoms with Gasteiger partial charge in [0.1, 0.15) is 17.3 Å². The van der Waals surface area contributed by atoms with E-state index >= 15 is 0 Å². The summed E-state index contributed by atoms with van der Waals surface area (Å²) < 4.78 is 50.3. The molecule has 1 amide bonds. The van der Waals surface area contributed by atoms with Gasteiger partial charge in [0, 0.05) is 24.9 Å². The zero-order valence-electron chi connectivity index (χ0n) is 13.7. The number of carbonyl (C=O) groups excluding carboxylic acids is 1. The molecule has 2 rings (SSSR count). The van der Waals surface area contributed by atoms with Crippen LogP contribution in [0.15, 0.2) is 35.6 Å². The maximum atomic E-state index is 13.8. The number of hydrogen-bond donors (Lipinski definition) is 0. The topological polar surface area (TPSA) is 80.2 Å². The van der Waals surface area contributed by atoms with Crippen LogP contribution in [0.4, 0.5) is 8.78 Å². The van der Waals surface area contributed by atoms with E-state index in [1.54, 1.807) is 0 Å². The van der Waals surface area contributed by atoms with Crippen molar-refractivity contribution in [1.29, 1.82) is 0 Å². The Morgan fingerprint density at radius 3 is 2.60 bits per heavy atom. The van der Waals surface area contributed by atoms with E-state index in [2.05, 4.69) is 9.97 Å². The molecule has 0 radical (unpaired) electrons. The fourth-order valence-electron chi connectivity index (χ4n) is 2.18. The molecule has 0 saturated carbocycles. The highest BCUT2D eigenvalue weighted by atomic mass is 32.2. The van der Waals surface area contributed by atoms with Crippen LogP contribution < -0.4 is 0 Å². The van der Waals surface area contributed by atoms with Crippen molar-refractivity contribution in [3.8, 4) is 0 Å². The highest BCUT2D eigenvalue weighted by Gasteiger charge is 2.21. The van der Waals surface area contributed by atoms with Crippen LogP contribution in [0.25, 0.3) is 0 Å². The van der Waals surface area contributed by atoms with E-state index < -0.39 is 27.4 Å². The van der Waals surface area contributed by atoms with Crippen molar-refractivity contribution < 1.29 is 22.0 Å². The Hall–Kier alpha value is -2.42. The maximum absolute atomic E-state index is 13.8. The molecule has 6 nitrogen and oxygen atoms in total. The minimum absolute atomic E-state index is 0.0222. The van der Waals surface area contributed by atoms with Gasteiger partial charge in [-0.3, -0.25) is 9.78 Å². The first-order valence-electron chi connectivity index (χ1n) is 7.47. The Morgan fingerprint density at radius 1 is 1.24 bits per heavy atom. The molecule has 0 aliphatic rings. The zero-order chi connectivity index (χ0) is 18.6. The van der Waals surface area contributed by atoms with Crippen molar-refractivity contribution in [2.45, 2.75) is 24.9 Å². The standard InChI is InChI=1S/C16H17F2N3O3S/c1-3-6-21(10-11-7-12(17)4-5-13(11)18)16(22)14-8-19-9-15(20-14)25(2,23)24/h4-5,7-9H,3,6,10H2,1-2H3. The Morgan fingerprint density at radius 2 is 1.96 bits per heavy atom. The lowest BCUT2D eigenvalue weighted by Gasteiger charge is -2.22. The molecule has 0 unspecified atom stereocenters. The van der Waals surface area contributed by atoms with Gasteiger partial charge in [0.05, 0.1) is 12.4 Å². The van der Waals surface area contributed by atoms with Crippen molar-refractivity contribution in [2.75, 3.05) is 12.8 Å². The van der Waals surface area contributed by atoms with Crippen LogP contribution in [0.5, 0.6) is 0 Å². The zero-order valence-corrected chi connectivity index (χ0v) is 14.6. The number of halogens is 2. The molecule has 0 aliphatic carbocycles. The predicted molar refractivity (Wildman–Crippen MR) is 86.5 cm³/mol. The number of rotatable bonds is 6. The molecule has 1 aromatic carbocycles. The van der Waals surface area contributed by atoms with Crippen LogP contribution in [0.2, 0.25) is 0 Å². The molecular formula is C16H17F2N3O3S. The second kappa shape index (κ2) is 7.64. The smallest absolute Gasteiger partial charge is 0.274 e. The normalized spacial score (nSPS) is 11.4. The molecule has 0 fully saturated rings. The Kier molecular flexibility index (Phi) is 5.78. The fraction of sp³-hybridized carbons (Fsp3) is 0.312. The minimum Gasteiger partial charge on any atom is -0.333 e. The first kappa shape index (κ1) is 18.9. The summed E-state index contributed by atoms with van der Waals surface area (Å²) in [5, 5.41) is -0.327. The van der Waals surface area contributed by atoms with Gasteiger partial charge in [-0.2, -0.15) is 0 Å². The summed E-state index contributed by atoms with van der Waals surface area (Å²) in [5.74, 6) is -1.85. The van der Waals surface area contributed by atoms with Gasteiger partial charge in [0.25, 0.3) is 5.91 Å². The fourth-order valence-corrected chi connectivity index (χ4v) is 2.70. The average molecular weight is 369 g/mol. The number of nitrogens with zero attached hydrogens (tertiary/aromatic N) is 3. The molecule has 2 aromatic rings. The lowest BCUT2D eigenvalue weighted by molar-refractivity contribution is 0.0734. The summed E-state index contributed by atoms with van der Waals surface area (Å²) in [6.45, 7) is 1.92. The monoisotopic (exact) mass is 369 g/mol. The second-order valence-electron chi connectivity index (χ2n) is 5.48. The molecule has 0 atom stereocenters. The van der Waals surface area contributed by atoms with Crippen molar-refractivity contribution in [2.24, 2.45) is 0 Å². The number of carbonyl (C=O) groups is 1. The van der Waals surface area contributed by atoms with Crippen molar-refractivity contribution in [3.63, 3.8) is 0 Å². The minimum atomic E-state index is -3.62. The third-order valence-electron chi connectivity index (χ3n) is 3.36. The molecule has 0 aliphatic heterocycles.